The minimum absolute atomic E-state index is 0.00369. The van der Waals surface area contributed by atoms with E-state index in [-0.39, 0.29) is 30.1 Å². The van der Waals surface area contributed by atoms with E-state index in [0.29, 0.717) is 36.2 Å². The number of aryl methyl sites for hydroxylation is 1. The van der Waals surface area contributed by atoms with Gasteiger partial charge in [-0.25, -0.2) is 9.78 Å². The monoisotopic (exact) mass is 646 g/mol. The van der Waals surface area contributed by atoms with E-state index >= 15 is 0 Å². The number of carbonyl (C=O) groups excluding carboxylic acids is 2. The lowest BCUT2D eigenvalue weighted by molar-refractivity contribution is -0.119. The second-order valence-electron chi connectivity index (χ2n) is 12.1. The first-order valence-corrected chi connectivity index (χ1v) is 15.9. The molecule has 0 bridgehead atoms. The van der Waals surface area contributed by atoms with E-state index in [2.05, 4.69) is 16.4 Å². The Labute approximate surface area is 275 Å². The molecule has 2 atom stereocenters. The van der Waals surface area contributed by atoms with Crippen molar-refractivity contribution in [3.63, 3.8) is 0 Å². The van der Waals surface area contributed by atoms with Crippen LogP contribution < -0.4 is 10.9 Å². The summed E-state index contributed by atoms with van der Waals surface area (Å²) in [6.45, 7) is 2.31. The third kappa shape index (κ3) is 5.46. The van der Waals surface area contributed by atoms with Crippen LogP contribution in [0.15, 0.2) is 83.9 Å². The molecule has 1 unspecified atom stereocenters. The predicted octanol–water partition coefficient (Wildman–Crippen LogP) is 6.72. The van der Waals surface area contributed by atoms with Gasteiger partial charge in [0, 0.05) is 42.5 Å². The van der Waals surface area contributed by atoms with E-state index in [1.807, 2.05) is 67.6 Å². The van der Waals surface area contributed by atoms with E-state index in [4.69, 9.17) is 11.6 Å². The molecule has 10 heteroatoms. The summed E-state index contributed by atoms with van der Waals surface area (Å²) in [5.74, 6) is -0.0307. The zero-order chi connectivity index (χ0) is 32.8. The number of pyridine rings is 1. The van der Waals surface area contributed by atoms with Crippen LogP contribution in [0.5, 0.6) is 0 Å². The minimum atomic E-state index is -0.984. The predicted molar refractivity (Wildman–Crippen MR) is 180 cm³/mol. The van der Waals surface area contributed by atoms with Crippen LogP contribution in [0.1, 0.15) is 52.4 Å². The summed E-state index contributed by atoms with van der Waals surface area (Å²) >= 11 is 7.15. The minimum Gasteiger partial charge on any atom is -0.465 e. The van der Waals surface area contributed by atoms with E-state index < -0.39 is 11.7 Å². The highest BCUT2D eigenvalue weighted by Gasteiger charge is 2.34. The molecule has 2 N–H and O–H groups in total. The second kappa shape index (κ2) is 12.1. The van der Waals surface area contributed by atoms with Gasteiger partial charge in [0.15, 0.2) is 6.29 Å². The van der Waals surface area contributed by atoms with Crippen molar-refractivity contribution < 1.29 is 19.5 Å². The van der Waals surface area contributed by atoms with Crippen molar-refractivity contribution in [3.8, 4) is 33.4 Å². The van der Waals surface area contributed by atoms with Gasteiger partial charge in [-0.3, -0.25) is 23.7 Å². The SMILES string of the molecule is Cc1c(-c2ccn3c(=O)c(C=O)cnc3c2)cccc1-c1cccc(-c2ccc3c(c2)CCC3N(C[C@@H]2CCC(=O)N2)C(=O)O)c1Cl. The average Bonchev–Trinajstić information content (AvgIpc) is 3.69. The van der Waals surface area contributed by atoms with Gasteiger partial charge >= 0.3 is 6.09 Å². The van der Waals surface area contributed by atoms with Crippen LogP contribution in [0.3, 0.4) is 0 Å². The number of carbonyl (C=O) groups is 3. The highest BCUT2D eigenvalue weighted by molar-refractivity contribution is 6.36. The summed E-state index contributed by atoms with van der Waals surface area (Å²) in [6, 6.07) is 21.3. The Morgan fingerprint density at radius 2 is 1.74 bits per heavy atom. The first kappa shape index (κ1) is 30.4. The van der Waals surface area contributed by atoms with Gasteiger partial charge in [0.2, 0.25) is 5.91 Å². The molecule has 1 fully saturated rings. The molecule has 9 nitrogen and oxygen atoms in total. The van der Waals surface area contributed by atoms with E-state index in [1.165, 1.54) is 15.5 Å². The Bertz CT molecular complexity index is 2160. The standard InChI is InChI=1S/C37H31ClN4O5/c1-21-27(24-14-15-41-33(17-24)39-18-25(20-43)36(41)45)4-2-5-28(21)31-7-3-6-30(35(31)38)23-8-11-29-22(16-23)9-12-32(29)42(37(46)47)19-26-10-13-34(44)40-26/h2-8,11,14-18,20,26,32H,9-10,12-13,19H2,1H3,(H,40,44)(H,46,47)/t26-,32?/m0/s1. The number of nitrogens with one attached hydrogen (secondary N) is 1. The quantitative estimate of drug-likeness (QED) is 0.190. The van der Waals surface area contributed by atoms with Crippen LogP contribution in [0.2, 0.25) is 5.02 Å². The average molecular weight is 647 g/mol. The Morgan fingerprint density at radius 1 is 1.00 bits per heavy atom. The molecule has 5 aromatic rings. The molecule has 1 aliphatic carbocycles. The lowest BCUT2D eigenvalue weighted by Gasteiger charge is -2.29. The maximum Gasteiger partial charge on any atom is 0.407 e. The molecule has 0 saturated carbocycles. The molecule has 3 aromatic carbocycles. The molecule has 0 radical (unpaired) electrons. The molecule has 1 aliphatic heterocycles. The Hall–Kier alpha value is -5.28. The maximum absolute atomic E-state index is 12.5. The second-order valence-corrected chi connectivity index (χ2v) is 12.5. The number of fused-ring (bicyclic) bond motifs is 2. The van der Waals surface area contributed by atoms with Crippen LogP contribution in [-0.2, 0) is 11.2 Å². The number of nitrogens with zero attached hydrogens (tertiary/aromatic N) is 3. The van der Waals surface area contributed by atoms with Crippen molar-refractivity contribution in [2.45, 2.75) is 44.7 Å². The maximum atomic E-state index is 12.5. The van der Waals surface area contributed by atoms with Gasteiger partial charge in [-0.2, -0.15) is 0 Å². The molecular formula is C37H31ClN4O5. The molecule has 47 heavy (non-hydrogen) atoms. The Morgan fingerprint density at radius 3 is 2.49 bits per heavy atom. The number of carboxylic acid groups (broad SMARTS) is 1. The number of aromatic nitrogens is 2. The summed E-state index contributed by atoms with van der Waals surface area (Å²) in [5, 5.41) is 13.6. The van der Waals surface area contributed by atoms with Gasteiger partial charge in [0.05, 0.1) is 16.6 Å². The fourth-order valence-electron chi connectivity index (χ4n) is 7.02. The zero-order valence-electron chi connectivity index (χ0n) is 25.6. The molecular weight excluding hydrogens is 616 g/mol. The number of rotatable bonds is 7. The molecule has 2 aliphatic rings. The highest BCUT2D eigenvalue weighted by atomic mass is 35.5. The third-order valence-corrected chi connectivity index (χ3v) is 9.83. The van der Waals surface area contributed by atoms with E-state index in [1.54, 1.807) is 6.20 Å². The molecule has 1 saturated heterocycles. The number of hydrogen-bond donors (Lipinski definition) is 2. The van der Waals surface area contributed by atoms with Crippen LogP contribution in [-0.4, -0.2) is 50.3 Å². The lowest BCUT2D eigenvalue weighted by atomic mass is 9.91. The van der Waals surface area contributed by atoms with Gasteiger partial charge in [0.25, 0.3) is 5.56 Å². The smallest absolute Gasteiger partial charge is 0.407 e. The van der Waals surface area contributed by atoms with E-state index in [0.717, 1.165) is 56.5 Å². The van der Waals surface area contributed by atoms with Crippen LogP contribution >= 0.6 is 11.6 Å². The van der Waals surface area contributed by atoms with Crippen molar-refractivity contribution in [3.05, 3.63) is 117 Å². The largest absolute Gasteiger partial charge is 0.465 e. The van der Waals surface area contributed by atoms with Crippen molar-refractivity contribution >= 4 is 35.5 Å². The summed E-state index contributed by atoms with van der Waals surface area (Å²) in [4.78, 5) is 53.5. The molecule has 236 valence electrons. The lowest BCUT2D eigenvalue weighted by Crippen LogP contribution is -2.42. The number of halogens is 1. The summed E-state index contributed by atoms with van der Waals surface area (Å²) in [6.07, 6.45) is 4.95. The van der Waals surface area contributed by atoms with Gasteiger partial charge in [-0.1, -0.05) is 66.2 Å². The summed E-state index contributed by atoms with van der Waals surface area (Å²) in [7, 11) is 0. The van der Waals surface area contributed by atoms with Crippen molar-refractivity contribution in [2.24, 2.45) is 0 Å². The Kier molecular flexibility index (Phi) is 7.85. The Balaban J connectivity index is 1.20. The summed E-state index contributed by atoms with van der Waals surface area (Å²) in [5.41, 5.74) is 8.64. The number of hydrogen-bond acceptors (Lipinski definition) is 5. The van der Waals surface area contributed by atoms with Crippen LogP contribution in [0.25, 0.3) is 39.0 Å². The molecule has 7 rings (SSSR count). The molecule has 3 heterocycles. The van der Waals surface area contributed by atoms with Gasteiger partial charge in [-0.15, -0.1) is 0 Å². The first-order valence-electron chi connectivity index (χ1n) is 15.5. The molecule has 2 amide bonds. The topological polar surface area (TPSA) is 121 Å². The van der Waals surface area contributed by atoms with Crippen LogP contribution in [0.4, 0.5) is 4.79 Å². The fourth-order valence-corrected chi connectivity index (χ4v) is 7.35. The van der Waals surface area contributed by atoms with E-state index in [9.17, 15) is 24.3 Å². The molecule has 2 aromatic heterocycles. The first-order chi connectivity index (χ1) is 22.7. The molecule has 0 spiro atoms. The third-order valence-electron chi connectivity index (χ3n) is 9.42. The van der Waals surface area contributed by atoms with Crippen LogP contribution in [0, 0.1) is 6.92 Å². The number of amides is 2. The summed E-state index contributed by atoms with van der Waals surface area (Å²) < 4.78 is 1.36. The van der Waals surface area contributed by atoms with Crippen molar-refractivity contribution in [2.75, 3.05) is 6.54 Å². The van der Waals surface area contributed by atoms with Gasteiger partial charge in [-0.05, 0) is 77.3 Å². The normalized spacial score (nSPS) is 17.0. The van der Waals surface area contributed by atoms with Gasteiger partial charge < -0.3 is 10.4 Å². The number of benzene rings is 3. The fraction of sp³-hybridized carbons (Fsp3) is 0.216. The van der Waals surface area contributed by atoms with Crippen molar-refractivity contribution in [1.82, 2.24) is 19.6 Å². The van der Waals surface area contributed by atoms with Gasteiger partial charge in [0.1, 0.15) is 5.65 Å². The zero-order valence-corrected chi connectivity index (χ0v) is 26.3. The van der Waals surface area contributed by atoms with Crippen molar-refractivity contribution in [1.29, 1.82) is 0 Å². The highest BCUT2D eigenvalue weighted by Crippen LogP contribution is 2.43. The number of aldehydes is 1.